The summed E-state index contributed by atoms with van der Waals surface area (Å²) in [5.41, 5.74) is 0.596. The predicted molar refractivity (Wildman–Crippen MR) is 90.1 cm³/mol. The zero-order valence-corrected chi connectivity index (χ0v) is 13.3. The fourth-order valence-electron chi connectivity index (χ4n) is 2.15. The summed E-state index contributed by atoms with van der Waals surface area (Å²) in [5.74, 6) is 1.25. The molecule has 0 aliphatic heterocycles. The van der Waals surface area contributed by atoms with Crippen LogP contribution in [0.2, 0.25) is 0 Å². The van der Waals surface area contributed by atoms with E-state index in [1.807, 2.05) is 0 Å². The van der Waals surface area contributed by atoms with Gasteiger partial charge in [0.05, 0.1) is 6.20 Å². The van der Waals surface area contributed by atoms with Crippen molar-refractivity contribution in [1.29, 1.82) is 0 Å². The van der Waals surface area contributed by atoms with Crippen LogP contribution >= 0.6 is 0 Å². The minimum Gasteiger partial charge on any atom is -0.438 e. The van der Waals surface area contributed by atoms with Gasteiger partial charge in [0, 0.05) is 30.2 Å². The highest BCUT2D eigenvalue weighted by atomic mass is 16.5. The van der Waals surface area contributed by atoms with Crippen LogP contribution in [0, 0.1) is 0 Å². The average molecular weight is 348 g/mol. The first-order valence-corrected chi connectivity index (χ1v) is 7.62. The van der Waals surface area contributed by atoms with Gasteiger partial charge in [-0.3, -0.25) is 4.79 Å². The molecule has 1 aromatic carbocycles. The number of carbonyl (C=O) groups excluding carboxylic acids is 1. The number of benzene rings is 1. The Balaban J connectivity index is 1.40. The number of rotatable bonds is 5. The molecule has 3 heterocycles. The maximum Gasteiger partial charge on any atom is 0.294 e. The summed E-state index contributed by atoms with van der Waals surface area (Å²) in [6, 6.07) is 13.6. The molecule has 1 amide bonds. The van der Waals surface area contributed by atoms with Gasteiger partial charge in [0.25, 0.3) is 5.91 Å². The molecule has 0 aliphatic carbocycles. The molecule has 0 unspecified atom stereocenters. The Bertz CT molecular complexity index is 980. The van der Waals surface area contributed by atoms with Crippen LogP contribution in [0.3, 0.4) is 0 Å². The number of ether oxygens (including phenoxy) is 1. The second-order valence-corrected chi connectivity index (χ2v) is 5.14. The van der Waals surface area contributed by atoms with Crippen LogP contribution in [0.4, 0.5) is 5.69 Å². The van der Waals surface area contributed by atoms with Gasteiger partial charge in [-0.25, -0.2) is 4.68 Å². The Labute approximate surface area is 147 Å². The van der Waals surface area contributed by atoms with Crippen molar-refractivity contribution in [2.45, 2.75) is 0 Å². The summed E-state index contributed by atoms with van der Waals surface area (Å²) in [7, 11) is 0. The molecule has 128 valence electrons. The molecule has 1 N–H and O–H groups in total. The van der Waals surface area contributed by atoms with Crippen molar-refractivity contribution in [2.24, 2.45) is 0 Å². The number of hydrogen-bond acceptors (Lipinski definition) is 7. The lowest BCUT2D eigenvalue weighted by atomic mass is 10.3. The van der Waals surface area contributed by atoms with Crippen LogP contribution in [0.1, 0.15) is 10.6 Å². The van der Waals surface area contributed by atoms with Crippen LogP contribution in [0.15, 0.2) is 71.6 Å². The van der Waals surface area contributed by atoms with Gasteiger partial charge in [0.15, 0.2) is 5.82 Å². The highest BCUT2D eigenvalue weighted by Gasteiger charge is 2.10. The number of nitrogens with one attached hydrogen (secondary N) is 1. The normalized spacial score (nSPS) is 10.5. The summed E-state index contributed by atoms with van der Waals surface area (Å²) in [4.78, 5) is 11.9. The van der Waals surface area contributed by atoms with Crippen LogP contribution in [0.5, 0.6) is 11.6 Å². The summed E-state index contributed by atoms with van der Waals surface area (Å²) in [6.07, 6.45) is 4.84. The zero-order chi connectivity index (χ0) is 17.8. The van der Waals surface area contributed by atoms with E-state index in [0.717, 1.165) is 0 Å². The Morgan fingerprint density at radius 3 is 2.58 bits per heavy atom. The Morgan fingerprint density at radius 1 is 1.04 bits per heavy atom. The van der Waals surface area contributed by atoms with Crippen molar-refractivity contribution >= 4 is 11.6 Å². The molecule has 0 saturated heterocycles. The van der Waals surface area contributed by atoms with E-state index in [2.05, 4.69) is 25.8 Å². The topological polar surface area (TPSA) is 108 Å². The van der Waals surface area contributed by atoms with Crippen molar-refractivity contribution < 1.29 is 14.1 Å². The Kier molecular flexibility index (Phi) is 4.09. The first kappa shape index (κ1) is 15.5. The number of carbonyl (C=O) groups is 1. The SMILES string of the molecule is O=C(Nc1ccc(Oc2ccc(-n3cccn3)nn2)cc1)c1ccno1. The average Bonchev–Trinajstić information content (AvgIpc) is 3.38. The molecule has 0 radical (unpaired) electrons. The fourth-order valence-corrected chi connectivity index (χ4v) is 2.15. The highest BCUT2D eigenvalue weighted by Crippen LogP contribution is 2.21. The molecule has 9 heteroatoms. The van der Waals surface area contributed by atoms with Gasteiger partial charge in [-0.1, -0.05) is 5.16 Å². The van der Waals surface area contributed by atoms with E-state index in [-0.39, 0.29) is 11.7 Å². The summed E-state index contributed by atoms with van der Waals surface area (Å²) >= 11 is 0. The third kappa shape index (κ3) is 3.41. The van der Waals surface area contributed by atoms with Crippen LogP contribution in [-0.2, 0) is 0 Å². The van der Waals surface area contributed by atoms with Gasteiger partial charge in [-0.05, 0) is 36.4 Å². The summed E-state index contributed by atoms with van der Waals surface area (Å²) < 4.78 is 12.0. The van der Waals surface area contributed by atoms with E-state index in [1.54, 1.807) is 59.5 Å². The highest BCUT2D eigenvalue weighted by molar-refractivity contribution is 6.02. The molecule has 3 aromatic heterocycles. The zero-order valence-electron chi connectivity index (χ0n) is 13.3. The molecular weight excluding hydrogens is 336 g/mol. The lowest BCUT2D eigenvalue weighted by Crippen LogP contribution is -2.10. The van der Waals surface area contributed by atoms with Gasteiger partial charge in [0.1, 0.15) is 5.75 Å². The van der Waals surface area contributed by atoms with Crippen molar-refractivity contribution in [3.8, 4) is 17.4 Å². The molecule has 0 aliphatic rings. The number of hydrogen-bond donors (Lipinski definition) is 1. The quantitative estimate of drug-likeness (QED) is 0.590. The third-order valence-corrected chi connectivity index (χ3v) is 3.36. The van der Waals surface area contributed by atoms with Gasteiger partial charge in [-0.15, -0.1) is 10.2 Å². The lowest BCUT2D eigenvalue weighted by Gasteiger charge is -2.07. The molecular formula is C17H12N6O3. The van der Waals surface area contributed by atoms with Gasteiger partial charge in [0.2, 0.25) is 11.6 Å². The van der Waals surface area contributed by atoms with E-state index in [0.29, 0.717) is 23.1 Å². The Hall–Kier alpha value is -4.01. The smallest absolute Gasteiger partial charge is 0.294 e. The fraction of sp³-hybridized carbons (Fsp3) is 0. The van der Waals surface area contributed by atoms with E-state index in [1.165, 1.54) is 12.3 Å². The van der Waals surface area contributed by atoms with E-state index < -0.39 is 0 Å². The second-order valence-electron chi connectivity index (χ2n) is 5.14. The van der Waals surface area contributed by atoms with Crippen LogP contribution in [-0.4, -0.2) is 31.0 Å². The number of anilines is 1. The first-order chi connectivity index (χ1) is 12.8. The van der Waals surface area contributed by atoms with Crippen molar-refractivity contribution in [3.05, 3.63) is 72.9 Å². The number of nitrogens with zero attached hydrogens (tertiary/aromatic N) is 5. The third-order valence-electron chi connectivity index (χ3n) is 3.36. The van der Waals surface area contributed by atoms with Crippen molar-refractivity contribution in [1.82, 2.24) is 25.1 Å². The number of amides is 1. The maximum atomic E-state index is 11.9. The van der Waals surface area contributed by atoms with E-state index in [9.17, 15) is 4.79 Å². The second kappa shape index (κ2) is 6.85. The molecule has 0 saturated carbocycles. The van der Waals surface area contributed by atoms with Crippen molar-refractivity contribution in [2.75, 3.05) is 5.32 Å². The molecule has 4 aromatic rings. The standard InChI is InChI=1S/C17H12N6O3/c24-17(14-8-10-19-26-14)20-12-2-4-13(5-3-12)25-16-7-6-15(21-22-16)23-11-1-9-18-23/h1-11H,(H,20,24). The van der Waals surface area contributed by atoms with Crippen LogP contribution in [0.25, 0.3) is 5.82 Å². The van der Waals surface area contributed by atoms with E-state index >= 15 is 0 Å². The molecule has 0 spiro atoms. The minimum absolute atomic E-state index is 0.137. The molecule has 4 rings (SSSR count). The lowest BCUT2D eigenvalue weighted by molar-refractivity contribution is 0.0988. The minimum atomic E-state index is -0.378. The van der Waals surface area contributed by atoms with E-state index in [4.69, 9.17) is 9.26 Å². The molecule has 0 bridgehead atoms. The van der Waals surface area contributed by atoms with Gasteiger partial charge in [-0.2, -0.15) is 5.10 Å². The molecule has 9 nitrogen and oxygen atoms in total. The summed E-state index contributed by atoms with van der Waals surface area (Å²) in [6.45, 7) is 0. The monoisotopic (exact) mass is 348 g/mol. The Morgan fingerprint density at radius 2 is 1.92 bits per heavy atom. The molecule has 26 heavy (non-hydrogen) atoms. The number of aromatic nitrogens is 5. The van der Waals surface area contributed by atoms with Gasteiger partial charge >= 0.3 is 0 Å². The first-order valence-electron chi connectivity index (χ1n) is 7.62. The molecule has 0 fully saturated rings. The summed E-state index contributed by atoms with van der Waals surface area (Å²) in [5, 5.41) is 18.3. The maximum absolute atomic E-state index is 11.9. The van der Waals surface area contributed by atoms with Crippen molar-refractivity contribution in [3.63, 3.8) is 0 Å². The largest absolute Gasteiger partial charge is 0.438 e. The van der Waals surface area contributed by atoms with Crippen LogP contribution < -0.4 is 10.1 Å². The molecule has 0 atom stereocenters. The van der Waals surface area contributed by atoms with Gasteiger partial charge < -0.3 is 14.6 Å². The predicted octanol–water partition coefficient (Wildman–Crippen LogP) is 2.69.